The van der Waals surface area contributed by atoms with Crippen molar-refractivity contribution in [2.24, 2.45) is 5.92 Å². The highest BCUT2D eigenvalue weighted by atomic mass is 16.7. The van der Waals surface area contributed by atoms with Gasteiger partial charge in [0.25, 0.3) is 0 Å². The molecule has 0 heterocycles. The monoisotopic (exact) mass is 203 g/mol. The van der Waals surface area contributed by atoms with Crippen molar-refractivity contribution in [2.75, 3.05) is 13.2 Å². The SMILES string of the molecule is CCOC(=O)C(OCC1CC1)[N+](=O)[O-]. The first kappa shape index (κ1) is 10.9. The van der Waals surface area contributed by atoms with Gasteiger partial charge in [0.2, 0.25) is 0 Å². The van der Waals surface area contributed by atoms with E-state index in [1.54, 1.807) is 6.92 Å². The number of ether oxygens (including phenoxy) is 2. The Labute approximate surface area is 81.3 Å². The van der Waals surface area contributed by atoms with Gasteiger partial charge in [0.1, 0.15) is 0 Å². The summed E-state index contributed by atoms with van der Waals surface area (Å²) in [6.45, 7) is 1.98. The Morgan fingerprint density at radius 1 is 1.64 bits per heavy atom. The molecular formula is C8H13NO5. The van der Waals surface area contributed by atoms with Crippen molar-refractivity contribution in [3.05, 3.63) is 10.1 Å². The zero-order chi connectivity index (χ0) is 10.6. The number of rotatable bonds is 6. The van der Waals surface area contributed by atoms with E-state index in [0.717, 1.165) is 12.8 Å². The molecule has 1 saturated carbocycles. The summed E-state index contributed by atoms with van der Waals surface area (Å²) in [7, 11) is 0. The van der Waals surface area contributed by atoms with Gasteiger partial charge in [-0.1, -0.05) is 0 Å². The summed E-state index contributed by atoms with van der Waals surface area (Å²) in [5.41, 5.74) is 0. The van der Waals surface area contributed by atoms with Crippen LogP contribution in [0.25, 0.3) is 0 Å². The van der Waals surface area contributed by atoms with Gasteiger partial charge in [0, 0.05) is 0 Å². The van der Waals surface area contributed by atoms with Crippen LogP contribution in [-0.2, 0) is 14.3 Å². The Bertz CT molecular complexity index is 226. The predicted octanol–water partition coefficient (Wildman–Crippen LogP) is 0.579. The Balaban J connectivity index is 2.35. The fourth-order valence-electron chi connectivity index (χ4n) is 0.940. The fraction of sp³-hybridized carbons (Fsp3) is 0.875. The molecule has 1 fully saturated rings. The zero-order valence-electron chi connectivity index (χ0n) is 7.97. The van der Waals surface area contributed by atoms with E-state index in [1.165, 1.54) is 0 Å². The lowest BCUT2D eigenvalue weighted by molar-refractivity contribution is -0.561. The standard InChI is InChI=1S/C8H13NO5/c1-2-13-8(10)7(9(11)12)14-5-6-3-4-6/h6-7H,2-5H2,1H3. The van der Waals surface area contributed by atoms with Crippen LogP contribution in [0.15, 0.2) is 0 Å². The predicted molar refractivity (Wildman–Crippen MR) is 46.1 cm³/mol. The molecule has 0 radical (unpaired) electrons. The molecule has 14 heavy (non-hydrogen) atoms. The molecule has 6 heteroatoms. The molecule has 0 bridgehead atoms. The zero-order valence-corrected chi connectivity index (χ0v) is 7.97. The summed E-state index contributed by atoms with van der Waals surface area (Å²) in [6, 6.07) is 0. The number of hydrogen-bond acceptors (Lipinski definition) is 5. The second kappa shape index (κ2) is 4.90. The van der Waals surface area contributed by atoms with Crippen LogP contribution in [0, 0.1) is 16.0 Å². The minimum absolute atomic E-state index is 0.121. The van der Waals surface area contributed by atoms with Gasteiger partial charge in [0.05, 0.1) is 18.1 Å². The van der Waals surface area contributed by atoms with Crippen molar-refractivity contribution in [1.29, 1.82) is 0 Å². The van der Waals surface area contributed by atoms with Gasteiger partial charge in [-0.2, -0.15) is 0 Å². The van der Waals surface area contributed by atoms with Crippen molar-refractivity contribution < 1.29 is 19.2 Å². The van der Waals surface area contributed by atoms with Crippen LogP contribution in [0.4, 0.5) is 0 Å². The van der Waals surface area contributed by atoms with Crippen LogP contribution in [0.2, 0.25) is 0 Å². The largest absolute Gasteiger partial charge is 0.459 e. The first-order chi connectivity index (χ1) is 6.65. The van der Waals surface area contributed by atoms with Crippen LogP contribution in [-0.4, -0.2) is 30.3 Å². The van der Waals surface area contributed by atoms with Gasteiger partial charge >= 0.3 is 12.2 Å². The number of carbonyl (C=O) groups is 1. The molecule has 0 aromatic rings. The van der Waals surface area contributed by atoms with Crippen molar-refractivity contribution in [2.45, 2.75) is 26.0 Å². The van der Waals surface area contributed by atoms with Crippen molar-refractivity contribution in [3.63, 3.8) is 0 Å². The molecule has 0 aromatic carbocycles. The molecular weight excluding hydrogens is 190 g/mol. The molecule has 1 atom stereocenters. The van der Waals surface area contributed by atoms with Crippen LogP contribution in [0.1, 0.15) is 19.8 Å². The molecule has 1 aliphatic carbocycles. The average molecular weight is 203 g/mol. The van der Waals surface area contributed by atoms with Gasteiger partial charge in [-0.3, -0.25) is 10.1 Å². The van der Waals surface area contributed by atoms with E-state index < -0.39 is 17.1 Å². The topological polar surface area (TPSA) is 78.7 Å². The first-order valence-electron chi connectivity index (χ1n) is 4.57. The normalized spacial score (nSPS) is 17.5. The molecule has 80 valence electrons. The van der Waals surface area contributed by atoms with E-state index in [4.69, 9.17) is 4.74 Å². The van der Waals surface area contributed by atoms with Gasteiger partial charge in [-0.05, 0) is 25.7 Å². The molecule has 1 rings (SSSR count). The van der Waals surface area contributed by atoms with Crippen LogP contribution >= 0.6 is 0 Å². The van der Waals surface area contributed by atoms with E-state index in [0.29, 0.717) is 5.92 Å². The highest BCUT2D eigenvalue weighted by Crippen LogP contribution is 2.29. The maximum absolute atomic E-state index is 11.0. The number of nitrogens with zero attached hydrogens (tertiary/aromatic N) is 1. The van der Waals surface area contributed by atoms with Gasteiger partial charge < -0.3 is 9.47 Å². The molecule has 6 nitrogen and oxygen atoms in total. The number of esters is 1. The minimum atomic E-state index is -1.66. The van der Waals surface area contributed by atoms with E-state index in [2.05, 4.69) is 4.74 Å². The Kier molecular flexibility index (Phi) is 3.82. The number of carbonyl (C=O) groups excluding carboxylic acids is 1. The van der Waals surface area contributed by atoms with Gasteiger partial charge in [0.15, 0.2) is 0 Å². The lowest BCUT2D eigenvalue weighted by Gasteiger charge is -2.08. The van der Waals surface area contributed by atoms with Gasteiger partial charge in [-0.15, -0.1) is 0 Å². The van der Waals surface area contributed by atoms with Gasteiger partial charge in [-0.25, -0.2) is 4.79 Å². The first-order valence-corrected chi connectivity index (χ1v) is 4.57. The summed E-state index contributed by atoms with van der Waals surface area (Å²) >= 11 is 0. The smallest absolute Gasteiger partial charge is 0.413 e. The van der Waals surface area contributed by atoms with Crippen LogP contribution in [0.3, 0.4) is 0 Å². The second-order valence-corrected chi connectivity index (χ2v) is 3.17. The van der Waals surface area contributed by atoms with Crippen LogP contribution in [0.5, 0.6) is 0 Å². The average Bonchev–Trinajstić information content (AvgIpc) is 2.88. The lowest BCUT2D eigenvalue weighted by atomic mass is 10.4. The third-order valence-corrected chi connectivity index (χ3v) is 1.87. The molecule has 1 aliphatic rings. The van der Waals surface area contributed by atoms with Crippen molar-refractivity contribution in [1.82, 2.24) is 0 Å². The number of nitro groups is 1. The molecule has 0 saturated heterocycles. The van der Waals surface area contributed by atoms with E-state index in [-0.39, 0.29) is 13.2 Å². The van der Waals surface area contributed by atoms with E-state index in [1.807, 2.05) is 0 Å². The molecule has 0 aromatic heterocycles. The summed E-state index contributed by atoms with van der Waals surface area (Å²) in [6.07, 6.45) is 0.385. The number of hydrogen-bond donors (Lipinski definition) is 0. The maximum Gasteiger partial charge on any atom is 0.413 e. The van der Waals surface area contributed by atoms with E-state index in [9.17, 15) is 14.9 Å². The second-order valence-electron chi connectivity index (χ2n) is 3.17. The molecule has 0 aliphatic heterocycles. The third-order valence-electron chi connectivity index (χ3n) is 1.87. The summed E-state index contributed by atoms with van der Waals surface area (Å²) < 4.78 is 9.38. The highest BCUT2D eigenvalue weighted by molar-refractivity contribution is 5.72. The van der Waals surface area contributed by atoms with E-state index >= 15 is 0 Å². The fourth-order valence-corrected chi connectivity index (χ4v) is 0.940. The van der Waals surface area contributed by atoms with Crippen molar-refractivity contribution >= 4 is 5.97 Å². The highest BCUT2D eigenvalue weighted by Gasteiger charge is 2.34. The maximum atomic E-state index is 11.0. The summed E-state index contributed by atoms with van der Waals surface area (Å²) in [5, 5.41) is 10.4. The molecule has 0 amide bonds. The molecule has 0 N–H and O–H groups in total. The summed E-state index contributed by atoms with van der Waals surface area (Å²) in [5.74, 6) is -0.537. The molecule has 1 unspecified atom stereocenters. The molecule has 0 spiro atoms. The Morgan fingerprint density at radius 2 is 2.29 bits per heavy atom. The quantitative estimate of drug-likeness (QED) is 0.273. The van der Waals surface area contributed by atoms with Crippen LogP contribution < -0.4 is 0 Å². The summed E-state index contributed by atoms with van der Waals surface area (Å²) in [4.78, 5) is 20.7. The van der Waals surface area contributed by atoms with Crippen molar-refractivity contribution in [3.8, 4) is 0 Å². The Morgan fingerprint density at radius 3 is 2.71 bits per heavy atom. The minimum Gasteiger partial charge on any atom is -0.459 e. The lowest BCUT2D eigenvalue weighted by Crippen LogP contribution is -2.34. The third kappa shape index (κ3) is 3.29. The Hall–Kier alpha value is -1.17.